The van der Waals surface area contributed by atoms with Crippen molar-refractivity contribution in [1.29, 1.82) is 0 Å². The molecule has 0 heterocycles. The molecular weight excluding hydrogens is 342 g/mol. The first-order valence-electron chi connectivity index (χ1n) is 6.24. The van der Waals surface area contributed by atoms with Crippen molar-refractivity contribution in [2.45, 2.75) is 13.0 Å². The topological polar surface area (TPSA) is 41.1 Å². The van der Waals surface area contributed by atoms with Gasteiger partial charge < -0.3 is 10.6 Å². The molecule has 1 atom stereocenters. The average Bonchev–Trinajstić information content (AvgIpc) is 2.44. The van der Waals surface area contributed by atoms with Crippen LogP contribution in [0.25, 0.3) is 0 Å². The molecule has 0 aliphatic heterocycles. The van der Waals surface area contributed by atoms with Crippen LogP contribution in [0.3, 0.4) is 0 Å². The summed E-state index contributed by atoms with van der Waals surface area (Å²) in [7, 11) is 0. The van der Waals surface area contributed by atoms with Crippen LogP contribution in [0.4, 0.5) is 20.2 Å². The summed E-state index contributed by atoms with van der Waals surface area (Å²) in [5.74, 6) is -1.91. The van der Waals surface area contributed by atoms with Crippen molar-refractivity contribution >= 4 is 33.2 Å². The van der Waals surface area contributed by atoms with Crippen LogP contribution in [-0.2, 0) is 4.79 Å². The molecule has 0 fully saturated rings. The quantitative estimate of drug-likeness (QED) is 0.865. The number of amides is 1. The molecule has 0 aliphatic carbocycles. The Balaban J connectivity index is 2.00. The number of rotatable bonds is 4. The maximum Gasteiger partial charge on any atom is 0.246 e. The van der Waals surface area contributed by atoms with E-state index in [0.29, 0.717) is 0 Å². The smallest absolute Gasteiger partial charge is 0.246 e. The van der Waals surface area contributed by atoms with Crippen LogP contribution >= 0.6 is 15.9 Å². The third-order valence-corrected chi connectivity index (χ3v) is 3.34. The number of carbonyl (C=O) groups is 1. The highest BCUT2D eigenvalue weighted by Crippen LogP contribution is 2.17. The highest BCUT2D eigenvalue weighted by molar-refractivity contribution is 9.10. The highest BCUT2D eigenvalue weighted by atomic mass is 79.9. The van der Waals surface area contributed by atoms with Crippen molar-refractivity contribution in [1.82, 2.24) is 0 Å². The minimum atomic E-state index is -0.806. The SMILES string of the molecule is C[C@H](Nc1ccc(Br)cc1)C(=O)Nc1ccc(F)cc1F. The molecule has 0 aromatic heterocycles. The van der Waals surface area contributed by atoms with E-state index in [0.717, 1.165) is 22.3 Å². The molecule has 0 saturated heterocycles. The summed E-state index contributed by atoms with van der Waals surface area (Å²) in [4.78, 5) is 12.0. The fourth-order valence-corrected chi connectivity index (χ4v) is 1.96. The molecule has 21 heavy (non-hydrogen) atoms. The fraction of sp³-hybridized carbons (Fsp3) is 0.133. The number of carbonyl (C=O) groups excluding carboxylic acids is 1. The summed E-state index contributed by atoms with van der Waals surface area (Å²) in [5, 5.41) is 5.41. The number of hydrogen-bond acceptors (Lipinski definition) is 2. The molecule has 0 bridgehead atoms. The van der Waals surface area contributed by atoms with Crippen LogP contribution in [0.2, 0.25) is 0 Å². The van der Waals surface area contributed by atoms with Gasteiger partial charge in [-0.2, -0.15) is 0 Å². The Labute approximate surface area is 129 Å². The molecule has 3 nitrogen and oxygen atoms in total. The van der Waals surface area contributed by atoms with E-state index in [1.165, 1.54) is 6.07 Å². The predicted molar refractivity (Wildman–Crippen MR) is 82.2 cm³/mol. The maximum absolute atomic E-state index is 13.5. The monoisotopic (exact) mass is 354 g/mol. The van der Waals surface area contributed by atoms with E-state index in [2.05, 4.69) is 26.6 Å². The molecule has 0 radical (unpaired) electrons. The molecule has 0 saturated carbocycles. The van der Waals surface area contributed by atoms with Gasteiger partial charge in [-0.05, 0) is 43.3 Å². The minimum Gasteiger partial charge on any atom is -0.374 e. The first-order chi connectivity index (χ1) is 9.95. The number of anilines is 2. The Bertz CT molecular complexity index is 647. The maximum atomic E-state index is 13.5. The number of nitrogens with one attached hydrogen (secondary N) is 2. The van der Waals surface area contributed by atoms with E-state index >= 15 is 0 Å². The van der Waals surface area contributed by atoms with Crippen molar-refractivity contribution in [2.24, 2.45) is 0 Å². The standard InChI is InChI=1S/C15H13BrF2N2O/c1-9(19-12-5-2-10(16)3-6-12)15(21)20-14-7-4-11(17)8-13(14)18/h2-9,19H,1H3,(H,20,21)/t9-/m0/s1. The number of halogens is 3. The third-order valence-electron chi connectivity index (χ3n) is 2.81. The summed E-state index contributed by atoms with van der Waals surface area (Å²) in [6.07, 6.45) is 0. The van der Waals surface area contributed by atoms with Gasteiger partial charge in [-0.1, -0.05) is 15.9 Å². The van der Waals surface area contributed by atoms with E-state index in [-0.39, 0.29) is 5.69 Å². The molecule has 6 heteroatoms. The molecule has 1 amide bonds. The second-order valence-electron chi connectivity index (χ2n) is 4.49. The van der Waals surface area contributed by atoms with Crippen LogP contribution in [0.15, 0.2) is 46.9 Å². The van der Waals surface area contributed by atoms with Crippen molar-refractivity contribution in [2.75, 3.05) is 10.6 Å². The summed E-state index contributed by atoms with van der Waals surface area (Å²) in [6, 6.07) is 9.73. The van der Waals surface area contributed by atoms with E-state index in [1.54, 1.807) is 6.92 Å². The molecule has 0 unspecified atom stereocenters. The summed E-state index contributed by atoms with van der Waals surface area (Å²) >= 11 is 3.32. The fourth-order valence-electron chi connectivity index (χ4n) is 1.69. The van der Waals surface area contributed by atoms with Crippen molar-refractivity contribution in [3.8, 4) is 0 Å². The van der Waals surface area contributed by atoms with Gasteiger partial charge in [-0.3, -0.25) is 4.79 Å². The van der Waals surface area contributed by atoms with Gasteiger partial charge in [0.2, 0.25) is 5.91 Å². The Morgan fingerprint density at radius 3 is 2.43 bits per heavy atom. The van der Waals surface area contributed by atoms with E-state index in [1.807, 2.05) is 24.3 Å². The van der Waals surface area contributed by atoms with Crippen LogP contribution in [0.5, 0.6) is 0 Å². The summed E-state index contributed by atoms with van der Waals surface area (Å²) < 4.78 is 27.2. The van der Waals surface area contributed by atoms with E-state index in [9.17, 15) is 13.6 Å². The predicted octanol–water partition coefficient (Wildman–Crippen LogP) is 4.17. The highest BCUT2D eigenvalue weighted by Gasteiger charge is 2.15. The second kappa shape index (κ2) is 6.67. The molecule has 2 aromatic rings. The van der Waals surface area contributed by atoms with Gasteiger partial charge in [0, 0.05) is 16.2 Å². The van der Waals surface area contributed by atoms with Crippen molar-refractivity contribution in [3.05, 3.63) is 58.6 Å². The lowest BCUT2D eigenvalue weighted by Gasteiger charge is -2.15. The van der Waals surface area contributed by atoms with Gasteiger partial charge in [0.25, 0.3) is 0 Å². The molecule has 2 aromatic carbocycles. The normalized spacial score (nSPS) is 11.8. The molecule has 110 valence electrons. The molecule has 2 N–H and O–H groups in total. The van der Waals surface area contributed by atoms with Gasteiger partial charge in [-0.25, -0.2) is 8.78 Å². The van der Waals surface area contributed by atoms with E-state index in [4.69, 9.17) is 0 Å². The van der Waals surface area contributed by atoms with Crippen LogP contribution in [0.1, 0.15) is 6.92 Å². The largest absolute Gasteiger partial charge is 0.374 e. The molecular formula is C15H13BrF2N2O. The lowest BCUT2D eigenvalue weighted by atomic mass is 10.2. The minimum absolute atomic E-state index is 0.0501. The summed E-state index contributed by atoms with van der Waals surface area (Å²) in [6.45, 7) is 1.65. The Morgan fingerprint density at radius 2 is 1.81 bits per heavy atom. The second-order valence-corrected chi connectivity index (χ2v) is 5.40. The molecule has 0 spiro atoms. The van der Waals surface area contributed by atoms with Gasteiger partial charge in [0.15, 0.2) is 0 Å². The zero-order valence-corrected chi connectivity index (χ0v) is 12.7. The zero-order valence-electron chi connectivity index (χ0n) is 11.2. The zero-order chi connectivity index (χ0) is 15.4. The summed E-state index contributed by atoms with van der Waals surface area (Å²) in [5.41, 5.74) is 0.714. The van der Waals surface area contributed by atoms with Crippen LogP contribution in [-0.4, -0.2) is 11.9 Å². The molecule has 0 aliphatic rings. The van der Waals surface area contributed by atoms with Gasteiger partial charge >= 0.3 is 0 Å². The Morgan fingerprint density at radius 1 is 1.14 bits per heavy atom. The number of hydrogen-bond donors (Lipinski definition) is 2. The van der Waals surface area contributed by atoms with Crippen LogP contribution in [0, 0.1) is 11.6 Å². The lowest BCUT2D eigenvalue weighted by molar-refractivity contribution is -0.116. The van der Waals surface area contributed by atoms with Gasteiger partial charge in [-0.15, -0.1) is 0 Å². The average molecular weight is 355 g/mol. The first kappa shape index (κ1) is 15.4. The van der Waals surface area contributed by atoms with Gasteiger partial charge in [0.1, 0.15) is 17.7 Å². The Hall–Kier alpha value is -1.95. The number of benzene rings is 2. The van der Waals surface area contributed by atoms with Crippen LogP contribution < -0.4 is 10.6 Å². The van der Waals surface area contributed by atoms with Crippen molar-refractivity contribution < 1.29 is 13.6 Å². The van der Waals surface area contributed by atoms with Gasteiger partial charge in [0.05, 0.1) is 5.69 Å². The first-order valence-corrected chi connectivity index (χ1v) is 7.03. The Kier molecular flexibility index (Phi) is 4.90. The van der Waals surface area contributed by atoms with Crippen molar-refractivity contribution in [3.63, 3.8) is 0 Å². The third kappa shape index (κ3) is 4.26. The lowest BCUT2D eigenvalue weighted by Crippen LogP contribution is -2.32. The molecule has 2 rings (SSSR count). The van der Waals surface area contributed by atoms with E-state index < -0.39 is 23.6 Å².